The first-order chi connectivity index (χ1) is 9.41. The fraction of sp³-hybridized carbons (Fsp3) is 0.571. The lowest BCUT2D eigenvalue weighted by molar-refractivity contribution is 0.506. The maximum Gasteiger partial charge on any atom is 0.150 e. The monoisotopic (exact) mass is 381 g/mol. The summed E-state index contributed by atoms with van der Waals surface area (Å²) >= 11 is 9.74. The first kappa shape index (κ1) is 18.0. The van der Waals surface area contributed by atoms with Gasteiger partial charge in [0.25, 0.3) is 0 Å². The molecule has 0 saturated carbocycles. The molecule has 20 heavy (non-hydrogen) atoms. The highest BCUT2D eigenvalue weighted by atomic mass is 79.9. The van der Waals surface area contributed by atoms with Crippen molar-refractivity contribution < 1.29 is 8.42 Å². The smallest absolute Gasteiger partial charge is 0.150 e. The molecule has 0 amide bonds. The Morgan fingerprint density at radius 2 is 2.05 bits per heavy atom. The van der Waals surface area contributed by atoms with Crippen LogP contribution in [0.5, 0.6) is 0 Å². The molecule has 0 radical (unpaired) electrons. The molecule has 1 aromatic rings. The fourth-order valence-electron chi connectivity index (χ4n) is 2.06. The van der Waals surface area contributed by atoms with Crippen molar-refractivity contribution in [3.8, 4) is 0 Å². The summed E-state index contributed by atoms with van der Waals surface area (Å²) in [4.78, 5) is 0. The molecular formula is C14H21BrClNO2S. The quantitative estimate of drug-likeness (QED) is 0.740. The van der Waals surface area contributed by atoms with E-state index in [1.54, 1.807) is 6.92 Å². The number of rotatable bonds is 8. The van der Waals surface area contributed by atoms with E-state index in [0.717, 1.165) is 23.0 Å². The minimum absolute atomic E-state index is 0.0806. The van der Waals surface area contributed by atoms with Gasteiger partial charge in [-0.05, 0) is 46.9 Å². The number of hydrogen-bond donors (Lipinski definition) is 1. The lowest BCUT2D eigenvalue weighted by atomic mass is 10.0. The van der Waals surface area contributed by atoms with Crippen LogP contribution in [0.4, 0.5) is 0 Å². The summed E-state index contributed by atoms with van der Waals surface area (Å²) in [5.74, 6) is 0.438. The largest absolute Gasteiger partial charge is 0.310 e. The molecule has 6 heteroatoms. The van der Waals surface area contributed by atoms with Crippen molar-refractivity contribution in [2.45, 2.75) is 32.7 Å². The number of halogens is 2. The van der Waals surface area contributed by atoms with Gasteiger partial charge in [-0.3, -0.25) is 0 Å². The van der Waals surface area contributed by atoms with Gasteiger partial charge in [-0.1, -0.05) is 37.6 Å². The Bertz CT molecular complexity index is 534. The van der Waals surface area contributed by atoms with Gasteiger partial charge in [0.15, 0.2) is 0 Å². The molecule has 1 N–H and O–H groups in total. The van der Waals surface area contributed by atoms with Crippen LogP contribution in [-0.4, -0.2) is 26.5 Å². The number of nitrogens with one attached hydrogen (secondary N) is 1. The third-order valence-corrected chi connectivity index (χ3v) is 6.30. The van der Waals surface area contributed by atoms with Crippen LogP contribution < -0.4 is 5.32 Å². The Hall–Kier alpha value is -0.100. The zero-order valence-corrected chi connectivity index (χ0v) is 15.0. The summed E-state index contributed by atoms with van der Waals surface area (Å²) in [6, 6.07) is 5.90. The molecule has 114 valence electrons. The molecule has 1 rings (SSSR count). The minimum Gasteiger partial charge on any atom is -0.310 e. The first-order valence-corrected chi connectivity index (χ1v) is 9.78. The Morgan fingerprint density at radius 3 is 2.65 bits per heavy atom. The SMILES string of the molecule is CCNC(CCCS(=O)(=O)CC)c1cccc(Br)c1Cl. The fourth-order valence-corrected chi connectivity index (χ4v) is 3.59. The molecule has 0 saturated heterocycles. The maximum absolute atomic E-state index is 11.5. The lowest BCUT2D eigenvalue weighted by Crippen LogP contribution is -2.22. The van der Waals surface area contributed by atoms with Gasteiger partial charge in [0, 0.05) is 16.3 Å². The molecule has 0 bridgehead atoms. The van der Waals surface area contributed by atoms with Crippen LogP contribution in [0, 0.1) is 0 Å². The normalized spacial score (nSPS) is 13.4. The average molecular weight is 383 g/mol. The van der Waals surface area contributed by atoms with E-state index in [0.29, 0.717) is 11.4 Å². The topological polar surface area (TPSA) is 46.2 Å². The molecule has 0 aromatic heterocycles. The van der Waals surface area contributed by atoms with E-state index in [2.05, 4.69) is 21.2 Å². The molecule has 1 atom stereocenters. The highest BCUT2D eigenvalue weighted by molar-refractivity contribution is 9.10. The van der Waals surface area contributed by atoms with Crippen molar-refractivity contribution >= 4 is 37.4 Å². The second-order valence-electron chi connectivity index (χ2n) is 4.63. The standard InChI is InChI=1S/C14H21BrClNO2S/c1-3-17-13(9-6-10-20(18,19)4-2)11-7-5-8-12(15)14(11)16/h5,7-8,13,17H,3-4,6,9-10H2,1-2H3. The van der Waals surface area contributed by atoms with Crippen LogP contribution in [-0.2, 0) is 9.84 Å². The van der Waals surface area contributed by atoms with Crippen LogP contribution >= 0.6 is 27.5 Å². The molecule has 1 aromatic carbocycles. The number of hydrogen-bond acceptors (Lipinski definition) is 3. The molecule has 0 aliphatic heterocycles. The molecule has 0 heterocycles. The summed E-state index contributed by atoms with van der Waals surface area (Å²) in [7, 11) is -2.90. The third kappa shape index (κ3) is 5.35. The summed E-state index contributed by atoms with van der Waals surface area (Å²) < 4.78 is 23.9. The summed E-state index contributed by atoms with van der Waals surface area (Å²) in [6.45, 7) is 4.53. The van der Waals surface area contributed by atoms with Gasteiger partial charge in [-0.2, -0.15) is 0 Å². The molecule has 0 fully saturated rings. The summed E-state index contributed by atoms with van der Waals surface area (Å²) in [6.07, 6.45) is 1.39. The summed E-state index contributed by atoms with van der Waals surface area (Å²) in [5, 5.41) is 4.06. The zero-order valence-electron chi connectivity index (χ0n) is 11.8. The Kier molecular flexibility index (Phi) is 7.51. The molecular weight excluding hydrogens is 362 g/mol. The van der Waals surface area contributed by atoms with Crippen molar-refractivity contribution in [3.05, 3.63) is 33.3 Å². The van der Waals surface area contributed by atoms with Crippen molar-refractivity contribution in [2.75, 3.05) is 18.1 Å². The second-order valence-corrected chi connectivity index (χ2v) is 8.34. The van der Waals surface area contributed by atoms with Crippen LogP contribution in [0.2, 0.25) is 5.02 Å². The van der Waals surface area contributed by atoms with Gasteiger partial charge in [0.05, 0.1) is 10.8 Å². The molecule has 0 aliphatic rings. The van der Waals surface area contributed by atoms with Gasteiger partial charge < -0.3 is 5.32 Å². The molecule has 0 spiro atoms. The maximum atomic E-state index is 11.5. The van der Waals surface area contributed by atoms with Gasteiger partial charge in [0.1, 0.15) is 9.84 Å². The number of benzene rings is 1. The van der Waals surface area contributed by atoms with Crippen LogP contribution in [0.3, 0.4) is 0 Å². The first-order valence-electron chi connectivity index (χ1n) is 6.79. The molecule has 0 aliphatic carbocycles. The van der Waals surface area contributed by atoms with E-state index in [4.69, 9.17) is 11.6 Å². The van der Waals surface area contributed by atoms with Gasteiger partial charge >= 0.3 is 0 Å². The predicted molar refractivity (Wildman–Crippen MR) is 89.1 cm³/mol. The van der Waals surface area contributed by atoms with Crippen LogP contribution in [0.1, 0.15) is 38.3 Å². The van der Waals surface area contributed by atoms with Crippen LogP contribution in [0.15, 0.2) is 22.7 Å². The van der Waals surface area contributed by atoms with E-state index in [9.17, 15) is 8.42 Å². The Morgan fingerprint density at radius 1 is 1.35 bits per heavy atom. The molecule has 1 unspecified atom stereocenters. The van der Waals surface area contributed by atoms with Crippen molar-refractivity contribution in [1.82, 2.24) is 5.32 Å². The third-order valence-electron chi connectivity index (χ3n) is 3.20. The van der Waals surface area contributed by atoms with Gasteiger partial charge in [-0.15, -0.1) is 0 Å². The van der Waals surface area contributed by atoms with Crippen molar-refractivity contribution in [2.24, 2.45) is 0 Å². The van der Waals surface area contributed by atoms with E-state index >= 15 is 0 Å². The lowest BCUT2D eigenvalue weighted by Gasteiger charge is -2.20. The highest BCUT2D eigenvalue weighted by Crippen LogP contribution is 2.32. The highest BCUT2D eigenvalue weighted by Gasteiger charge is 2.16. The second kappa shape index (κ2) is 8.37. The molecule has 3 nitrogen and oxygen atoms in total. The number of sulfone groups is 1. The van der Waals surface area contributed by atoms with E-state index < -0.39 is 9.84 Å². The minimum atomic E-state index is -2.90. The van der Waals surface area contributed by atoms with Crippen LogP contribution in [0.25, 0.3) is 0 Å². The zero-order chi connectivity index (χ0) is 15.2. The average Bonchev–Trinajstić information content (AvgIpc) is 2.41. The van der Waals surface area contributed by atoms with Gasteiger partial charge in [0.2, 0.25) is 0 Å². The van der Waals surface area contributed by atoms with Gasteiger partial charge in [-0.25, -0.2) is 8.42 Å². The predicted octanol–water partition coefficient (Wildman–Crippen LogP) is 3.97. The van der Waals surface area contributed by atoms with E-state index in [1.807, 2.05) is 25.1 Å². The van der Waals surface area contributed by atoms with Crippen molar-refractivity contribution in [3.63, 3.8) is 0 Å². The summed E-state index contributed by atoms with van der Waals surface area (Å²) in [5.41, 5.74) is 1.01. The van der Waals surface area contributed by atoms with Crippen molar-refractivity contribution in [1.29, 1.82) is 0 Å². The van der Waals surface area contributed by atoms with E-state index in [1.165, 1.54) is 0 Å². The Balaban J connectivity index is 2.77. The van der Waals surface area contributed by atoms with E-state index in [-0.39, 0.29) is 17.5 Å². The Labute approximate surface area is 135 Å².